The van der Waals surface area contributed by atoms with Gasteiger partial charge in [-0.15, -0.1) is 10.2 Å². The van der Waals surface area contributed by atoms with Crippen molar-refractivity contribution in [1.29, 1.82) is 0 Å². The molecule has 0 unspecified atom stereocenters. The quantitative estimate of drug-likeness (QED) is 0.817. The van der Waals surface area contributed by atoms with Gasteiger partial charge in [0.15, 0.2) is 11.8 Å². The molecule has 0 atom stereocenters. The molecular weight excluding hydrogens is 204 g/mol. The number of alkyl halides is 2. The fourth-order valence-electron chi connectivity index (χ4n) is 0.624. The standard InChI is InChI=1S/C6H6ClF2N3O/c7-4-1-3(10)6(12-11-4)13-2-5(8)9/h1,5H,2H2,(H2,10,11). The monoisotopic (exact) mass is 209 g/mol. The van der Waals surface area contributed by atoms with Crippen LogP contribution in [0.4, 0.5) is 14.5 Å². The predicted octanol–water partition coefficient (Wildman–Crippen LogP) is 1.36. The van der Waals surface area contributed by atoms with E-state index in [0.29, 0.717) is 0 Å². The minimum absolute atomic E-state index is 0.0839. The average Bonchev–Trinajstić information content (AvgIpc) is 2.02. The molecule has 0 saturated carbocycles. The van der Waals surface area contributed by atoms with E-state index in [1.54, 1.807) is 0 Å². The van der Waals surface area contributed by atoms with Crippen LogP contribution in [0.1, 0.15) is 0 Å². The Bertz CT molecular complexity index is 297. The van der Waals surface area contributed by atoms with Crippen LogP contribution in [0.3, 0.4) is 0 Å². The molecular formula is C6H6ClF2N3O. The smallest absolute Gasteiger partial charge is 0.272 e. The molecule has 0 aliphatic heterocycles. The highest BCUT2D eigenvalue weighted by atomic mass is 35.5. The number of nitrogens with zero attached hydrogens (tertiary/aromatic N) is 2. The van der Waals surface area contributed by atoms with Crippen molar-refractivity contribution >= 4 is 17.3 Å². The zero-order valence-electron chi connectivity index (χ0n) is 6.38. The van der Waals surface area contributed by atoms with Gasteiger partial charge in [-0.2, -0.15) is 0 Å². The average molecular weight is 210 g/mol. The molecule has 4 nitrogen and oxygen atoms in total. The summed E-state index contributed by atoms with van der Waals surface area (Å²) in [6, 6.07) is 1.27. The number of nitrogen functional groups attached to an aromatic ring is 1. The topological polar surface area (TPSA) is 61.0 Å². The van der Waals surface area contributed by atoms with Crippen LogP contribution in [0.15, 0.2) is 6.07 Å². The van der Waals surface area contributed by atoms with E-state index in [4.69, 9.17) is 17.3 Å². The van der Waals surface area contributed by atoms with Crippen molar-refractivity contribution in [2.75, 3.05) is 12.3 Å². The second-order valence-electron chi connectivity index (χ2n) is 2.13. The third kappa shape index (κ3) is 2.98. The molecule has 0 aliphatic carbocycles. The summed E-state index contributed by atoms with van der Waals surface area (Å²) in [4.78, 5) is 0. The molecule has 13 heavy (non-hydrogen) atoms. The summed E-state index contributed by atoms with van der Waals surface area (Å²) in [7, 11) is 0. The van der Waals surface area contributed by atoms with Crippen LogP contribution in [-0.2, 0) is 0 Å². The summed E-state index contributed by atoms with van der Waals surface area (Å²) in [6.07, 6.45) is -2.57. The van der Waals surface area contributed by atoms with E-state index in [1.165, 1.54) is 6.07 Å². The van der Waals surface area contributed by atoms with Gasteiger partial charge in [0.1, 0.15) is 0 Å². The molecule has 7 heteroatoms. The molecule has 1 aromatic heterocycles. The normalized spacial score (nSPS) is 10.5. The highest BCUT2D eigenvalue weighted by Gasteiger charge is 2.08. The highest BCUT2D eigenvalue weighted by Crippen LogP contribution is 2.19. The summed E-state index contributed by atoms with van der Waals surface area (Å²) >= 11 is 5.42. The maximum absolute atomic E-state index is 11.7. The van der Waals surface area contributed by atoms with Crippen molar-refractivity contribution in [3.05, 3.63) is 11.2 Å². The number of nitrogens with two attached hydrogens (primary N) is 1. The first kappa shape index (κ1) is 9.91. The molecule has 0 spiro atoms. The molecule has 1 rings (SSSR count). The SMILES string of the molecule is Nc1cc(Cl)nnc1OCC(F)F. The van der Waals surface area contributed by atoms with Crippen LogP contribution < -0.4 is 10.5 Å². The first-order valence-corrected chi connectivity index (χ1v) is 3.67. The Balaban J connectivity index is 2.67. The van der Waals surface area contributed by atoms with Gasteiger partial charge in [0.05, 0.1) is 5.69 Å². The van der Waals surface area contributed by atoms with E-state index in [1.807, 2.05) is 0 Å². The van der Waals surface area contributed by atoms with Crippen LogP contribution in [-0.4, -0.2) is 23.2 Å². The van der Waals surface area contributed by atoms with Gasteiger partial charge in [-0.1, -0.05) is 11.6 Å². The van der Waals surface area contributed by atoms with Gasteiger partial charge in [-0.3, -0.25) is 0 Å². The lowest BCUT2D eigenvalue weighted by Gasteiger charge is -2.05. The second-order valence-corrected chi connectivity index (χ2v) is 2.52. The Labute approximate surface area is 77.7 Å². The van der Waals surface area contributed by atoms with Gasteiger partial charge in [0.2, 0.25) is 0 Å². The number of hydrogen-bond acceptors (Lipinski definition) is 4. The van der Waals surface area contributed by atoms with Crippen LogP contribution in [0, 0.1) is 0 Å². The maximum Gasteiger partial charge on any atom is 0.272 e. The maximum atomic E-state index is 11.7. The van der Waals surface area contributed by atoms with Crippen molar-refractivity contribution < 1.29 is 13.5 Å². The fraction of sp³-hybridized carbons (Fsp3) is 0.333. The van der Waals surface area contributed by atoms with Gasteiger partial charge >= 0.3 is 0 Å². The van der Waals surface area contributed by atoms with Crippen molar-refractivity contribution in [3.63, 3.8) is 0 Å². The number of ether oxygens (including phenoxy) is 1. The Hall–Kier alpha value is -1.17. The number of hydrogen-bond donors (Lipinski definition) is 1. The lowest BCUT2D eigenvalue weighted by atomic mass is 10.5. The van der Waals surface area contributed by atoms with Crippen LogP contribution in [0.2, 0.25) is 5.15 Å². The second kappa shape index (κ2) is 4.18. The molecule has 2 N–H and O–H groups in total. The molecule has 0 bridgehead atoms. The first-order valence-electron chi connectivity index (χ1n) is 3.29. The Morgan fingerprint density at radius 2 is 2.23 bits per heavy atom. The van der Waals surface area contributed by atoms with Crippen molar-refractivity contribution in [3.8, 4) is 5.88 Å². The molecule has 0 aromatic carbocycles. The van der Waals surface area contributed by atoms with E-state index in [-0.39, 0.29) is 16.7 Å². The molecule has 0 amide bonds. The van der Waals surface area contributed by atoms with Crippen molar-refractivity contribution in [2.45, 2.75) is 6.43 Å². The van der Waals surface area contributed by atoms with Crippen LogP contribution in [0.25, 0.3) is 0 Å². The van der Waals surface area contributed by atoms with Gasteiger partial charge in [-0.05, 0) is 0 Å². The van der Waals surface area contributed by atoms with Crippen molar-refractivity contribution in [1.82, 2.24) is 10.2 Å². The molecule has 0 aliphatic rings. The summed E-state index contributed by atoms with van der Waals surface area (Å²) in [5, 5.41) is 6.86. The van der Waals surface area contributed by atoms with Gasteiger partial charge < -0.3 is 10.5 Å². The van der Waals surface area contributed by atoms with E-state index in [9.17, 15) is 8.78 Å². The van der Waals surface area contributed by atoms with Crippen molar-refractivity contribution in [2.24, 2.45) is 0 Å². The zero-order valence-corrected chi connectivity index (χ0v) is 7.13. The minimum Gasteiger partial charge on any atom is -0.469 e. The summed E-state index contributed by atoms with van der Waals surface area (Å²) in [6.45, 7) is -0.763. The van der Waals surface area contributed by atoms with Gasteiger partial charge in [-0.25, -0.2) is 8.78 Å². The van der Waals surface area contributed by atoms with E-state index >= 15 is 0 Å². The Morgan fingerprint density at radius 3 is 2.77 bits per heavy atom. The van der Waals surface area contributed by atoms with E-state index < -0.39 is 13.0 Å². The number of halogens is 3. The highest BCUT2D eigenvalue weighted by molar-refractivity contribution is 6.29. The largest absolute Gasteiger partial charge is 0.469 e. The number of rotatable bonds is 3. The van der Waals surface area contributed by atoms with E-state index in [2.05, 4.69) is 14.9 Å². The molecule has 1 heterocycles. The summed E-state index contributed by atoms with van der Waals surface area (Å²) in [5.41, 5.74) is 5.43. The molecule has 1 aromatic rings. The van der Waals surface area contributed by atoms with E-state index in [0.717, 1.165) is 0 Å². The molecule has 72 valence electrons. The molecule has 0 fully saturated rings. The summed E-state index contributed by atoms with van der Waals surface area (Å²) in [5.74, 6) is -0.135. The Kier molecular flexibility index (Phi) is 3.18. The lowest BCUT2D eigenvalue weighted by molar-refractivity contribution is 0.0795. The summed E-state index contributed by atoms with van der Waals surface area (Å²) < 4.78 is 27.9. The fourth-order valence-corrected chi connectivity index (χ4v) is 0.779. The minimum atomic E-state index is -2.57. The third-order valence-electron chi connectivity index (χ3n) is 1.10. The Morgan fingerprint density at radius 1 is 1.54 bits per heavy atom. The lowest BCUT2D eigenvalue weighted by Crippen LogP contribution is -2.10. The number of anilines is 1. The van der Waals surface area contributed by atoms with Crippen LogP contribution in [0.5, 0.6) is 5.88 Å². The molecule has 0 saturated heterocycles. The first-order chi connectivity index (χ1) is 6.09. The predicted molar refractivity (Wildman–Crippen MR) is 43.0 cm³/mol. The zero-order chi connectivity index (χ0) is 9.84. The third-order valence-corrected chi connectivity index (χ3v) is 1.29. The number of aromatic nitrogens is 2. The van der Waals surface area contributed by atoms with Gasteiger partial charge in [0.25, 0.3) is 12.3 Å². The van der Waals surface area contributed by atoms with Gasteiger partial charge in [0, 0.05) is 6.07 Å². The van der Waals surface area contributed by atoms with Crippen LogP contribution >= 0.6 is 11.6 Å². The molecule has 0 radical (unpaired) electrons.